The Balaban J connectivity index is 0.000000260. The van der Waals surface area contributed by atoms with Gasteiger partial charge in [-0.05, 0) is 88.8 Å². The van der Waals surface area contributed by atoms with E-state index in [2.05, 4.69) is 179 Å². The number of pyridine rings is 2. The first kappa shape index (κ1) is 36.6. The standard InChI is InChI=1S/C35H31N2.C13H12N.Ir/c1-34(2)30-19-13-18-28(32-20-11-12-23-36-32)33(30)35(3,4)29-22-21-27(24-31(29)34)37(25-14-7-5-8-15-25)26-16-9-6-10-17-26;1-10-4-3-5-12(8-10)13-9-11(2)6-7-14-13;/h5-17,19-24H,1-4H3;3-4,6-9H,1-2H3;/q2*-1;. The van der Waals surface area contributed by atoms with Crippen LogP contribution in [0.15, 0.2) is 152 Å². The van der Waals surface area contributed by atoms with Crippen molar-refractivity contribution >= 4 is 17.1 Å². The Morgan fingerprint density at radius 1 is 0.500 bits per heavy atom. The molecule has 2 heterocycles. The van der Waals surface area contributed by atoms with E-state index in [0.29, 0.717) is 0 Å². The van der Waals surface area contributed by atoms with Gasteiger partial charge in [0.1, 0.15) is 0 Å². The summed E-state index contributed by atoms with van der Waals surface area (Å²) in [4.78, 5) is 11.4. The van der Waals surface area contributed by atoms with Crippen molar-refractivity contribution in [2.75, 3.05) is 4.90 Å². The van der Waals surface area contributed by atoms with Gasteiger partial charge in [-0.3, -0.25) is 0 Å². The topological polar surface area (TPSA) is 29.0 Å². The van der Waals surface area contributed by atoms with Crippen molar-refractivity contribution in [2.24, 2.45) is 0 Å². The third-order valence-electron chi connectivity index (χ3n) is 10.0. The van der Waals surface area contributed by atoms with Gasteiger partial charge in [0.15, 0.2) is 0 Å². The minimum atomic E-state index is -0.201. The molecule has 1 aliphatic rings. The molecule has 0 amide bonds. The predicted molar refractivity (Wildman–Crippen MR) is 212 cm³/mol. The second kappa shape index (κ2) is 15.2. The van der Waals surface area contributed by atoms with Gasteiger partial charge in [-0.2, -0.15) is 0 Å². The molecule has 0 saturated heterocycles. The number of nitrogens with zero attached hydrogens (tertiary/aromatic N) is 3. The zero-order valence-electron chi connectivity index (χ0n) is 30.6. The Morgan fingerprint density at radius 2 is 1.13 bits per heavy atom. The van der Waals surface area contributed by atoms with E-state index >= 15 is 0 Å². The van der Waals surface area contributed by atoms with Crippen LogP contribution in [0.3, 0.4) is 0 Å². The van der Waals surface area contributed by atoms with E-state index in [-0.39, 0.29) is 30.9 Å². The average Bonchev–Trinajstić information content (AvgIpc) is 3.16. The molecular weight excluding hydrogens is 811 g/mol. The summed E-state index contributed by atoms with van der Waals surface area (Å²) in [6, 6.07) is 55.5. The molecule has 8 rings (SSSR count). The fraction of sp³-hybridized carbons (Fsp3) is 0.167. The van der Waals surface area contributed by atoms with Gasteiger partial charge < -0.3 is 14.9 Å². The van der Waals surface area contributed by atoms with Crippen LogP contribution in [-0.4, -0.2) is 9.97 Å². The Kier molecular flexibility index (Phi) is 10.7. The number of rotatable bonds is 5. The van der Waals surface area contributed by atoms with E-state index in [0.717, 1.165) is 39.6 Å². The number of hydrogen-bond donors (Lipinski definition) is 0. The third-order valence-corrected chi connectivity index (χ3v) is 10.0. The molecule has 2 aromatic heterocycles. The van der Waals surface area contributed by atoms with Crippen molar-refractivity contribution in [3.05, 3.63) is 197 Å². The van der Waals surface area contributed by atoms with E-state index in [1.165, 1.54) is 33.4 Å². The second-order valence-electron chi connectivity index (χ2n) is 14.3. The van der Waals surface area contributed by atoms with Crippen LogP contribution in [0.1, 0.15) is 61.1 Å². The van der Waals surface area contributed by atoms with E-state index in [1.807, 2.05) is 36.7 Å². The summed E-state index contributed by atoms with van der Waals surface area (Å²) in [6.45, 7) is 13.5. The van der Waals surface area contributed by atoms with E-state index in [1.54, 1.807) is 0 Å². The quantitative estimate of drug-likeness (QED) is 0.162. The molecule has 52 heavy (non-hydrogen) atoms. The third kappa shape index (κ3) is 7.15. The smallest absolute Gasteiger partial charge is 0.0464 e. The molecule has 261 valence electrons. The van der Waals surface area contributed by atoms with E-state index in [4.69, 9.17) is 4.98 Å². The van der Waals surface area contributed by atoms with Crippen LogP contribution in [0, 0.1) is 26.0 Å². The summed E-state index contributed by atoms with van der Waals surface area (Å²) in [5.74, 6) is 0. The van der Waals surface area contributed by atoms with Crippen molar-refractivity contribution in [3.63, 3.8) is 0 Å². The molecule has 0 N–H and O–H groups in total. The summed E-state index contributed by atoms with van der Waals surface area (Å²) >= 11 is 0. The summed E-state index contributed by atoms with van der Waals surface area (Å²) in [5.41, 5.74) is 15.0. The zero-order valence-corrected chi connectivity index (χ0v) is 33.0. The fourth-order valence-corrected chi connectivity index (χ4v) is 7.41. The minimum Gasteiger partial charge on any atom is -0.310 e. The van der Waals surface area contributed by atoms with Crippen molar-refractivity contribution in [1.82, 2.24) is 9.97 Å². The Labute approximate surface area is 322 Å². The van der Waals surface area contributed by atoms with Crippen molar-refractivity contribution in [2.45, 2.75) is 52.4 Å². The SMILES string of the molecule is CC1(C)c2cc(N(c3ccccc3)c3ccccc3)ccc2C(C)(C)c2c(-c3ccccn3)[c-]ccc21.Cc1cc[c-]c(-c2cc(C)ccn2)c1.[Ir]. The molecule has 0 atom stereocenters. The maximum Gasteiger partial charge on any atom is 0.0464 e. The Morgan fingerprint density at radius 3 is 1.77 bits per heavy atom. The summed E-state index contributed by atoms with van der Waals surface area (Å²) in [7, 11) is 0. The second-order valence-corrected chi connectivity index (χ2v) is 14.3. The first-order chi connectivity index (χ1) is 24.6. The number of hydrogen-bond acceptors (Lipinski definition) is 3. The number of benzene rings is 5. The van der Waals surface area contributed by atoms with Gasteiger partial charge in [-0.15, -0.1) is 70.3 Å². The predicted octanol–water partition coefficient (Wildman–Crippen LogP) is 12.1. The van der Waals surface area contributed by atoms with Crippen molar-refractivity contribution < 1.29 is 20.1 Å². The van der Waals surface area contributed by atoms with Gasteiger partial charge in [-0.1, -0.05) is 101 Å². The molecule has 5 aromatic carbocycles. The molecule has 0 unspecified atom stereocenters. The van der Waals surface area contributed by atoms with Gasteiger partial charge in [0.2, 0.25) is 0 Å². The van der Waals surface area contributed by atoms with Gasteiger partial charge in [-0.25, -0.2) is 0 Å². The van der Waals surface area contributed by atoms with E-state index in [9.17, 15) is 0 Å². The maximum absolute atomic E-state index is 4.69. The summed E-state index contributed by atoms with van der Waals surface area (Å²) in [5, 5.41) is 0. The number of fused-ring (bicyclic) bond motifs is 2. The molecule has 3 nitrogen and oxygen atoms in total. The molecule has 0 bridgehead atoms. The fourth-order valence-electron chi connectivity index (χ4n) is 7.41. The van der Waals surface area contributed by atoms with Gasteiger partial charge >= 0.3 is 0 Å². The van der Waals surface area contributed by atoms with Crippen LogP contribution in [-0.2, 0) is 30.9 Å². The van der Waals surface area contributed by atoms with Gasteiger partial charge in [0.25, 0.3) is 0 Å². The Bertz CT molecular complexity index is 2200. The molecule has 0 fully saturated rings. The maximum atomic E-state index is 4.69. The molecule has 0 saturated carbocycles. The molecule has 4 heteroatoms. The minimum absolute atomic E-state index is 0. The Hall–Kier alpha value is -5.15. The first-order valence-corrected chi connectivity index (χ1v) is 17.6. The molecule has 0 spiro atoms. The first-order valence-electron chi connectivity index (χ1n) is 17.6. The largest absolute Gasteiger partial charge is 0.310 e. The van der Waals surface area contributed by atoms with Crippen LogP contribution in [0.4, 0.5) is 17.1 Å². The number of aromatic nitrogens is 2. The van der Waals surface area contributed by atoms with Crippen molar-refractivity contribution in [1.29, 1.82) is 0 Å². The number of aryl methyl sites for hydroxylation is 2. The molecule has 1 aliphatic carbocycles. The van der Waals surface area contributed by atoms with Crippen LogP contribution in [0.5, 0.6) is 0 Å². The van der Waals surface area contributed by atoms with Crippen molar-refractivity contribution in [3.8, 4) is 22.5 Å². The zero-order chi connectivity index (χ0) is 35.6. The van der Waals surface area contributed by atoms with Crippen LogP contribution >= 0.6 is 0 Å². The summed E-state index contributed by atoms with van der Waals surface area (Å²) < 4.78 is 0. The molecule has 7 aromatic rings. The molecule has 1 radical (unpaired) electrons. The van der Waals surface area contributed by atoms with Crippen LogP contribution < -0.4 is 4.90 Å². The normalized spacial score (nSPS) is 13.3. The van der Waals surface area contributed by atoms with Gasteiger partial charge in [0.05, 0.1) is 0 Å². The molecular formula is C48H43IrN3-2. The van der Waals surface area contributed by atoms with Crippen LogP contribution in [0.2, 0.25) is 0 Å². The monoisotopic (exact) mass is 854 g/mol. The van der Waals surface area contributed by atoms with Gasteiger partial charge in [0, 0.05) is 49.6 Å². The number of para-hydroxylation sites is 2. The summed E-state index contributed by atoms with van der Waals surface area (Å²) in [6.07, 6.45) is 3.70. The van der Waals surface area contributed by atoms with Crippen LogP contribution in [0.25, 0.3) is 22.5 Å². The van der Waals surface area contributed by atoms with E-state index < -0.39 is 0 Å². The number of anilines is 3. The molecule has 0 aliphatic heterocycles. The average molecular weight is 854 g/mol.